The zero-order chi connectivity index (χ0) is 11.2. The predicted octanol–water partition coefficient (Wildman–Crippen LogP) is 2.08. The molecule has 15 heavy (non-hydrogen) atoms. The molecule has 2 aromatic heterocycles. The van der Waals surface area contributed by atoms with Gasteiger partial charge in [0.15, 0.2) is 5.65 Å². The Balaban J connectivity index is 2.86. The summed E-state index contributed by atoms with van der Waals surface area (Å²) in [5.74, 6) is 0.947. The number of fused-ring (bicyclic) bond motifs is 1. The summed E-state index contributed by atoms with van der Waals surface area (Å²) in [5.41, 5.74) is 8.18. The van der Waals surface area contributed by atoms with E-state index >= 15 is 0 Å². The maximum Gasteiger partial charge on any atom is 0.162 e. The molecule has 0 unspecified atom stereocenters. The molecule has 2 rings (SSSR count). The van der Waals surface area contributed by atoms with Crippen LogP contribution in [-0.2, 0) is 5.54 Å². The number of nitrogen functional groups attached to an aromatic ring is 1. The summed E-state index contributed by atoms with van der Waals surface area (Å²) in [5, 5.41) is 0. The van der Waals surface area contributed by atoms with Crippen molar-refractivity contribution in [2.45, 2.75) is 33.2 Å². The molecule has 0 aliphatic carbocycles. The second-order valence-electron chi connectivity index (χ2n) is 4.74. The summed E-state index contributed by atoms with van der Waals surface area (Å²) in [7, 11) is 0. The highest BCUT2D eigenvalue weighted by Crippen LogP contribution is 2.25. The molecule has 0 amide bonds. The highest BCUT2D eigenvalue weighted by atomic mass is 15.2. The van der Waals surface area contributed by atoms with Gasteiger partial charge in [-0.1, -0.05) is 0 Å². The summed E-state index contributed by atoms with van der Waals surface area (Å²) < 4.78 is 2.11. The lowest BCUT2D eigenvalue weighted by atomic mass is 10.1. The lowest BCUT2D eigenvalue weighted by Gasteiger charge is -2.22. The molecule has 0 radical (unpaired) electrons. The van der Waals surface area contributed by atoms with Crippen LogP contribution in [0, 0.1) is 6.92 Å². The number of anilines is 1. The highest BCUT2D eigenvalue weighted by Gasteiger charge is 2.20. The highest BCUT2D eigenvalue weighted by molar-refractivity contribution is 5.84. The molecule has 0 aliphatic heterocycles. The van der Waals surface area contributed by atoms with E-state index < -0.39 is 0 Å². The van der Waals surface area contributed by atoms with Gasteiger partial charge in [0.05, 0.1) is 5.69 Å². The first-order valence-corrected chi connectivity index (χ1v) is 5.01. The third-order valence-electron chi connectivity index (χ3n) is 2.42. The van der Waals surface area contributed by atoms with Crippen LogP contribution >= 0.6 is 0 Å². The molecule has 2 heterocycles. The lowest BCUT2D eigenvalue weighted by molar-refractivity contribution is 0.397. The summed E-state index contributed by atoms with van der Waals surface area (Å²) in [6.45, 7) is 8.37. The standard InChI is InChI=1S/C11H16N4/c1-7-14-9-8(12)5-6-13-10(9)15(7)11(2,3)4/h5-6H,1-4H3,(H2,12,13). The van der Waals surface area contributed by atoms with Crippen molar-refractivity contribution in [2.24, 2.45) is 0 Å². The monoisotopic (exact) mass is 204 g/mol. The van der Waals surface area contributed by atoms with Crippen LogP contribution in [0.15, 0.2) is 12.3 Å². The predicted molar refractivity (Wildman–Crippen MR) is 61.7 cm³/mol. The van der Waals surface area contributed by atoms with Gasteiger partial charge in [-0.25, -0.2) is 9.97 Å². The number of rotatable bonds is 0. The molecule has 0 aromatic carbocycles. The number of hydrogen-bond donors (Lipinski definition) is 1. The van der Waals surface area contributed by atoms with Crippen molar-refractivity contribution >= 4 is 16.9 Å². The first kappa shape index (κ1) is 9.96. The zero-order valence-corrected chi connectivity index (χ0v) is 9.57. The number of imidazole rings is 1. The van der Waals surface area contributed by atoms with E-state index in [0.29, 0.717) is 5.69 Å². The van der Waals surface area contributed by atoms with Crippen molar-refractivity contribution < 1.29 is 0 Å². The Morgan fingerprint density at radius 1 is 1.33 bits per heavy atom. The number of nitrogens with two attached hydrogens (primary N) is 1. The third kappa shape index (κ3) is 1.46. The molecule has 0 saturated carbocycles. The van der Waals surface area contributed by atoms with Gasteiger partial charge < -0.3 is 10.3 Å². The van der Waals surface area contributed by atoms with Gasteiger partial charge in [-0.15, -0.1) is 0 Å². The topological polar surface area (TPSA) is 56.7 Å². The molecular formula is C11H16N4. The van der Waals surface area contributed by atoms with Crippen molar-refractivity contribution in [3.8, 4) is 0 Å². The second-order valence-corrected chi connectivity index (χ2v) is 4.74. The van der Waals surface area contributed by atoms with Gasteiger partial charge in [-0.3, -0.25) is 0 Å². The Hall–Kier alpha value is -1.58. The maximum absolute atomic E-state index is 5.87. The van der Waals surface area contributed by atoms with Gasteiger partial charge in [0, 0.05) is 11.7 Å². The Morgan fingerprint density at radius 3 is 2.60 bits per heavy atom. The molecule has 0 fully saturated rings. The minimum atomic E-state index is -0.0281. The van der Waals surface area contributed by atoms with E-state index in [-0.39, 0.29) is 5.54 Å². The van der Waals surface area contributed by atoms with Crippen LogP contribution < -0.4 is 5.73 Å². The van der Waals surface area contributed by atoms with E-state index in [4.69, 9.17) is 5.73 Å². The van der Waals surface area contributed by atoms with E-state index in [9.17, 15) is 0 Å². The minimum Gasteiger partial charge on any atom is -0.397 e. The van der Waals surface area contributed by atoms with Gasteiger partial charge in [-0.05, 0) is 33.8 Å². The maximum atomic E-state index is 5.87. The quantitative estimate of drug-likeness (QED) is 0.714. The van der Waals surface area contributed by atoms with Gasteiger partial charge in [0.25, 0.3) is 0 Å². The summed E-state index contributed by atoms with van der Waals surface area (Å²) in [6, 6.07) is 1.78. The lowest BCUT2D eigenvalue weighted by Crippen LogP contribution is -2.23. The first-order valence-electron chi connectivity index (χ1n) is 5.01. The molecule has 0 aliphatic rings. The van der Waals surface area contributed by atoms with Crippen LogP contribution in [0.5, 0.6) is 0 Å². The van der Waals surface area contributed by atoms with Crippen molar-refractivity contribution in [3.05, 3.63) is 18.1 Å². The smallest absolute Gasteiger partial charge is 0.162 e. The molecule has 80 valence electrons. The fourth-order valence-electron chi connectivity index (χ4n) is 1.90. The largest absolute Gasteiger partial charge is 0.397 e. The van der Waals surface area contributed by atoms with Crippen LogP contribution in [0.3, 0.4) is 0 Å². The number of hydrogen-bond acceptors (Lipinski definition) is 3. The molecular weight excluding hydrogens is 188 g/mol. The summed E-state index contributed by atoms with van der Waals surface area (Å²) in [4.78, 5) is 8.80. The van der Waals surface area contributed by atoms with Crippen LogP contribution in [0.4, 0.5) is 5.69 Å². The van der Waals surface area contributed by atoms with Crippen molar-refractivity contribution in [3.63, 3.8) is 0 Å². The van der Waals surface area contributed by atoms with Gasteiger partial charge >= 0.3 is 0 Å². The summed E-state index contributed by atoms with van der Waals surface area (Å²) >= 11 is 0. The molecule has 0 bridgehead atoms. The van der Waals surface area contributed by atoms with Crippen molar-refractivity contribution in [1.29, 1.82) is 0 Å². The fourth-order valence-corrected chi connectivity index (χ4v) is 1.90. The molecule has 2 N–H and O–H groups in total. The molecule has 4 nitrogen and oxygen atoms in total. The number of nitrogens with zero attached hydrogens (tertiary/aromatic N) is 3. The normalized spacial score (nSPS) is 12.3. The first-order chi connectivity index (χ1) is 6.91. The number of aromatic nitrogens is 3. The van der Waals surface area contributed by atoms with Gasteiger partial charge in [-0.2, -0.15) is 0 Å². The van der Waals surface area contributed by atoms with E-state index in [1.54, 1.807) is 12.3 Å². The number of pyridine rings is 1. The van der Waals surface area contributed by atoms with Crippen LogP contribution in [0.1, 0.15) is 26.6 Å². The SMILES string of the molecule is Cc1nc2c(N)ccnc2n1C(C)(C)C. The molecule has 0 spiro atoms. The minimum absolute atomic E-state index is 0.0281. The molecule has 0 saturated heterocycles. The van der Waals surface area contributed by atoms with Crippen molar-refractivity contribution in [2.75, 3.05) is 5.73 Å². The zero-order valence-electron chi connectivity index (χ0n) is 9.57. The molecule has 0 atom stereocenters. The second kappa shape index (κ2) is 2.95. The number of aryl methyl sites for hydroxylation is 1. The van der Waals surface area contributed by atoms with E-state index in [1.807, 2.05) is 6.92 Å². The van der Waals surface area contributed by atoms with E-state index in [2.05, 4.69) is 35.3 Å². The van der Waals surface area contributed by atoms with Crippen LogP contribution in [-0.4, -0.2) is 14.5 Å². The Labute approximate surface area is 89.1 Å². The van der Waals surface area contributed by atoms with Crippen molar-refractivity contribution in [1.82, 2.24) is 14.5 Å². The Kier molecular flexibility index (Phi) is 1.96. The molecule has 4 heteroatoms. The average molecular weight is 204 g/mol. The average Bonchev–Trinajstić information content (AvgIpc) is 2.41. The van der Waals surface area contributed by atoms with E-state index in [1.165, 1.54) is 0 Å². The van der Waals surface area contributed by atoms with Gasteiger partial charge in [0.1, 0.15) is 11.3 Å². The third-order valence-corrected chi connectivity index (χ3v) is 2.42. The fraction of sp³-hybridized carbons (Fsp3) is 0.455. The Bertz CT molecular complexity index is 505. The summed E-state index contributed by atoms with van der Waals surface area (Å²) in [6.07, 6.45) is 1.72. The Morgan fingerprint density at radius 2 is 2.00 bits per heavy atom. The van der Waals surface area contributed by atoms with Crippen LogP contribution in [0.25, 0.3) is 11.2 Å². The molecule has 2 aromatic rings. The van der Waals surface area contributed by atoms with E-state index in [0.717, 1.165) is 17.0 Å². The van der Waals surface area contributed by atoms with Crippen LogP contribution in [0.2, 0.25) is 0 Å². The van der Waals surface area contributed by atoms with Gasteiger partial charge in [0.2, 0.25) is 0 Å².